The van der Waals surface area contributed by atoms with Crippen molar-refractivity contribution in [2.45, 2.75) is 13.3 Å². The van der Waals surface area contributed by atoms with Gasteiger partial charge in [-0.1, -0.05) is 6.92 Å². The Balaban J connectivity index is 3.05. The fourth-order valence-corrected chi connectivity index (χ4v) is 1.11. The molecule has 13 heavy (non-hydrogen) atoms. The normalized spacial score (nSPS) is 11.4. The summed E-state index contributed by atoms with van der Waals surface area (Å²) < 4.78 is 5.20. The smallest absolute Gasteiger partial charge is 0.134 e. The predicted octanol–water partition coefficient (Wildman–Crippen LogP) is 2.06. The Morgan fingerprint density at radius 2 is 2.46 bits per heavy atom. The highest BCUT2D eigenvalue weighted by atomic mass is 16.5. The van der Waals surface area contributed by atoms with Crippen molar-refractivity contribution < 1.29 is 4.74 Å². The van der Waals surface area contributed by atoms with Crippen molar-refractivity contribution in [3.8, 4) is 0 Å². The van der Waals surface area contributed by atoms with Gasteiger partial charge in [0.15, 0.2) is 0 Å². The molecule has 0 bridgehead atoms. The zero-order valence-corrected chi connectivity index (χ0v) is 7.95. The average molecular weight is 178 g/mol. The van der Waals surface area contributed by atoms with Gasteiger partial charge in [0.2, 0.25) is 0 Å². The third kappa shape index (κ3) is 2.21. The maximum absolute atomic E-state index is 5.70. The summed E-state index contributed by atoms with van der Waals surface area (Å²) in [5.41, 5.74) is 6.55. The van der Waals surface area contributed by atoms with Crippen LogP contribution in [0, 0.1) is 0 Å². The molecule has 1 heterocycles. The first-order valence-electron chi connectivity index (χ1n) is 4.24. The second-order valence-electron chi connectivity index (χ2n) is 2.62. The summed E-state index contributed by atoms with van der Waals surface area (Å²) in [6.07, 6.45) is 4.56. The number of pyridine rings is 1. The third-order valence-corrected chi connectivity index (χ3v) is 1.71. The van der Waals surface area contributed by atoms with Crippen LogP contribution in [0.15, 0.2) is 24.4 Å². The number of hydrogen-bond donors (Lipinski definition) is 1. The number of aromatic nitrogens is 1. The minimum atomic E-state index is 0.504. The molecule has 0 radical (unpaired) electrons. The molecule has 1 aromatic rings. The summed E-state index contributed by atoms with van der Waals surface area (Å²) in [5.74, 6) is 1.29. The van der Waals surface area contributed by atoms with Crippen molar-refractivity contribution in [1.29, 1.82) is 0 Å². The maximum atomic E-state index is 5.70. The molecule has 70 valence electrons. The lowest BCUT2D eigenvalue weighted by atomic mass is 10.2. The van der Waals surface area contributed by atoms with Crippen LogP contribution in [0.2, 0.25) is 0 Å². The maximum Gasteiger partial charge on any atom is 0.134 e. The van der Waals surface area contributed by atoms with Gasteiger partial charge < -0.3 is 10.5 Å². The molecule has 0 fully saturated rings. The number of rotatable bonds is 3. The fraction of sp³-hybridized carbons (Fsp3) is 0.300. The van der Waals surface area contributed by atoms with Crippen molar-refractivity contribution >= 4 is 11.6 Å². The minimum absolute atomic E-state index is 0.504. The van der Waals surface area contributed by atoms with Crippen molar-refractivity contribution in [2.24, 2.45) is 0 Å². The van der Waals surface area contributed by atoms with Gasteiger partial charge >= 0.3 is 0 Å². The predicted molar refractivity (Wildman–Crippen MR) is 53.9 cm³/mol. The van der Waals surface area contributed by atoms with Crippen molar-refractivity contribution in [1.82, 2.24) is 4.98 Å². The van der Waals surface area contributed by atoms with E-state index in [0.717, 1.165) is 17.7 Å². The van der Waals surface area contributed by atoms with Crippen molar-refractivity contribution in [3.63, 3.8) is 0 Å². The Kier molecular flexibility index (Phi) is 3.31. The number of methoxy groups -OCH3 is 1. The van der Waals surface area contributed by atoms with Gasteiger partial charge in [0.25, 0.3) is 0 Å². The monoisotopic (exact) mass is 178 g/mol. The van der Waals surface area contributed by atoms with Gasteiger partial charge in [-0.15, -0.1) is 0 Å². The number of nitrogens with zero attached hydrogens (tertiary/aromatic N) is 1. The molecule has 2 N–H and O–H groups in total. The van der Waals surface area contributed by atoms with Crippen molar-refractivity contribution in [2.75, 3.05) is 12.8 Å². The SMILES string of the molecule is CC/C=C(/OC)c1cccnc1N. The molecule has 0 spiro atoms. The van der Waals surface area contributed by atoms with Gasteiger partial charge in [-0.3, -0.25) is 0 Å². The Bertz CT molecular complexity index is 308. The van der Waals surface area contributed by atoms with E-state index in [9.17, 15) is 0 Å². The molecule has 0 aliphatic carbocycles. The van der Waals surface area contributed by atoms with Crippen molar-refractivity contribution in [3.05, 3.63) is 30.0 Å². The standard InChI is InChI=1S/C10H14N2O/c1-3-5-9(13-2)8-6-4-7-12-10(8)11/h4-7H,3H2,1-2H3,(H2,11,12)/b9-5+. The largest absolute Gasteiger partial charge is 0.496 e. The molecule has 0 aromatic carbocycles. The molecule has 0 saturated heterocycles. The number of nitrogens with two attached hydrogens (primary N) is 1. The highest BCUT2D eigenvalue weighted by molar-refractivity contribution is 5.68. The molecule has 3 nitrogen and oxygen atoms in total. The number of nitrogen functional groups attached to an aromatic ring is 1. The molecule has 3 heteroatoms. The van der Waals surface area contributed by atoms with E-state index < -0.39 is 0 Å². The highest BCUT2D eigenvalue weighted by Gasteiger charge is 2.04. The Morgan fingerprint density at radius 1 is 1.69 bits per heavy atom. The summed E-state index contributed by atoms with van der Waals surface area (Å²) >= 11 is 0. The van der Waals surface area contributed by atoms with Crippen LogP contribution >= 0.6 is 0 Å². The van der Waals surface area contributed by atoms with Gasteiger partial charge in [-0.25, -0.2) is 4.98 Å². The van der Waals surface area contributed by atoms with E-state index in [-0.39, 0.29) is 0 Å². The van der Waals surface area contributed by atoms with Gasteiger partial charge in [0.1, 0.15) is 11.6 Å². The molecule has 0 saturated carbocycles. The molecule has 0 aliphatic rings. The lowest BCUT2D eigenvalue weighted by Crippen LogP contribution is -1.97. The summed E-state index contributed by atoms with van der Waals surface area (Å²) in [6.45, 7) is 2.05. The van der Waals surface area contributed by atoms with E-state index in [0.29, 0.717) is 5.82 Å². The zero-order chi connectivity index (χ0) is 9.68. The van der Waals surface area contributed by atoms with Gasteiger partial charge in [-0.2, -0.15) is 0 Å². The molecule has 0 amide bonds. The number of ether oxygens (including phenoxy) is 1. The number of anilines is 1. The van der Waals surface area contributed by atoms with E-state index in [1.165, 1.54) is 0 Å². The minimum Gasteiger partial charge on any atom is -0.496 e. The van der Waals surface area contributed by atoms with Crippen LogP contribution in [-0.4, -0.2) is 12.1 Å². The first-order valence-corrected chi connectivity index (χ1v) is 4.24. The molecule has 0 unspecified atom stereocenters. The van der Waals surface area contributed by atoms with Crippen LogP contribution in [-0.2, 0) is 4.74 Å². The van der Waals surface area contributed by atoms with Gasteiger partial charge in [-0.05, 0) is 24.6 Å². The van der Waals surface area contributed by atoms with Crippen LogP contribution in [0.25, 0.3) is 5.76 Å². The summed E-state index contributed by atoms with van der Waals surface area (Å²) in [7, 11) is 1.63. The Labute approximate surface area is 78.2 Å². The summed E-state index contributed by atoms with van der Waals surface area (Å²) in [5, 5.41) is 0. The van der Waals surface area contributed by atoms with Gasteiger partial charge in [0.05, 0.1) is 12.7 Å². The summed E-state index contributed by atoms with van der Waals surface area (Å²) in [6, 6.07) is 3.74. The van der Waals surface area contributed by atoms with Crippen LogP contribution in [0.4, 0.5) is 5.82 Å². The lowest BCUT2D eigenvalue weighted by molar-refractivity contribution is 0.369. The first-order chi connectivity index (χ1) is 6.29. The first kappa shape index (κ1) is 9.58. The average Bonchev–Trinajstić information content (AvgIpc) is 2.16. The van der Waals surface area contributed by atoms with E-state index in [2.05, 4.69) is 4.98 Å². The second kappa shape index (κ2) is 4.50. The van der Waals surface area contributed by atoms with E-state index in [4.69, 9.17) is 10.5 Å². The second-order valence-corrected chi connectivity index (χ2v) is 2.62. The molecule has 1 aromatic heterocycles. The fourth-order valence-electron chi connectivity index (χ4n) is 1.11. The van der Waals surface area contributed by atoms with E-state index in [1.807, 2.05) is 25.1 Å². The topological polar surface area (TPSA) is 48.1 Å². The zero-order valence-electron chi connectivity index (χ0n) is 7.95. The highest BCUT2D eigenvalue weighted by Crippen LogP contribution is 2.19. The van der Waals surface area contributed by atoms with Gasteiger partial charge in [0, 0.05) is 6.20 Å². The van der Waals surface area contributed by atoms with Crippen LogP contribution in [0.3, 0.4) is 0 Å². The molecule has 0 atom stereocenters. The quantitative estimate of drug-likeness (QED) is 0.721. The van der Waals surface area contributed by atoms with E-state index >= 15 is 0 Å². The molecule has 1 rings (SSSR count). The third-order valence-electron chi connectivity index (χ3n) is 1.71. The Hall–Kier alpha value is -1.51. The summed E-state index contributed by atoms with van der Waals surface area (Å²) in [4.78, 5) is 3.99. The van der Waals surface area contributed by atoms with Crippen LogP contribution in [0.1, 0.15) is 18.9 Å². The lowest BCUT2D eigenvalue weighted by Gasteiger charge is -2.07. The molecular formula is C10H14N2O. The number of hydrogen-bond acceptors (Lipinski definition) is 3. The molecule has 0 aliphatic heterocycles. The van der Waals surface area contributed by atoms with Crippen LogP contribution in [0.5, 0.6) is 0 Å². The molecular weight excluding hydrogens is 164 g/mol. The Morgan fingerprint density at radius 3 is 3.00 bits per heavy atom. The number of allylic oxidation sites excluding steroid dienone is 1. The van der Waals surface area contributed by atoms with Crippen LogP contribution < -0.4 is 5.73 Å². The van der Waals surface area contributed by atoms with E-state index in [1.54, 1.807) is 13.3 Å².